The van der Waals surface area contributed by atoms with E-state index in [1.54, 1.807) is 11.1 Å². The maximum atomic E-state index is 12.0. The fraction of sp³-hybridized carbons (Fsp3) is 0.538. The number of carbonyl (C=O) groups is 1. The highest BCUT2D eigenvalue weighted by molar-refractivity contribution is 9.10. The van der Waals surface area contributed by atoms with Crippen LogP contribution in [0.1, 0.15) is 31.0 Å². The van der Waals surface area contributed by atoms with Crippen molar-refractivity contribution >= 4 is 22.0 Å². The molecule has 0 saturated carbocycles. The second kappa shape index (κ2) is 6.23. The summed E-state index contributed by atoms with van der Waals surface area (Å²) in [6, 6.07) is -0.0847. The average Bonchev–Trinajstić information content (AvgIpc) is 2.43. The number of halogens is 1. The van der Waals surface area contributed by atoms with Gasteiger partial charge in [-0.2, -0.15) is 0 Å². The predicted molar refractivity (Wildman–Crippen MR) is 77.2 cm³/mol. The Morgan fingerprint density at radius 2 is 2.37 bits per heavy atom. The third kappa shape index (κ3) is 3.18. The molecule has 0 atom stereocenters. The van der Waals surface area contributed by atoms with Gasteiger partial charge < -0.3 is 15.2 Å². The maximum absolute atomic E-state index is 12.0. The van der Waals surface area contributed by atoms with Crippen molar-refractivity contribution < 1.29 is 4.79 Å². The number of fused-ring (bicyclic) bond motifs is 1. The molecule has 0 aliphatic carbocycles. The Bertz CT molecular complexity index is 527. The Morgan fingerprint density at radius 1 is 1.58 bits per heavy atom. The molecule has 2 amide bonds. The van der Waals surface area contributed by atoms with Gasteiger partial charge in [0.05, 0.1) is 11.0 Å². The van der Waals surface area contributed by atoms with Crippen molar-refractivity contribution in [2.45, 2.75) is 32.7 Å². The van der Waals surface area contributed by atoms with Crippen LogP contribution in [-0.4, -0.2) is 29.0 Å². The van der Waals surface area contributed by atoms with Crippen LogP contribution in [-0.2, 0) is 13.0 Å². The fourth-order valence-electron chi connectivity index (χ4n) is 2.15. The van der Waals surface area contributed by atoms with E-state index in [1.165, 1.54) is 0 Å². The topological polar surface area (TPSA) is 65.2 Å². The minimum absolute atomic E-state index is 0.0280. The van der Waals surface area contributed by atoms with Crippen LogP contribution in [0.25, 0.3) is 0 Å². The summed E-state index contributed by atoms with van der Waals surface area (Å²) in [7, 11) is 0. The number of nitrogens with zero attached hydrogens (tertiary/aromatic N) is 1. The van der Waals surface area contributed by atoms with E-state index in [1.807, 2.05) is 0 Å². The first-order valence-corrected chi connectivity index (χ1v) is 7.34. The van der Waals surface area contributed by atoms with Crippen molar-refractivity contribution in [2.24, 2.45) is 0 Å². The number of hydrogen-bond donors (Lipinski definition) is 2. The molecule has 0 saturated heterocycles. The van der Waals surface area contributed by atoms with Gasteiger partial charge in [-0.1, -0.05) is 13.3 Å². The molecule has 1 aromatic heterocycles. The van der Waals surface area contributed by atoms with Crippen molar-refractivity contribution in [3.05, 3.63) is 32.2 Å². The number of aromatic nitrogens is 1. The summed E-state index contributed by atoms with van der Waals surface area (Å²) < 4.78 is 0.513. The van der Waals surface area contributed by atoms with Crippen LogP contribution in [0.2, 0.25) is 0 Å². The normalized spacial score (nSPS) is 14.1. The lowest BCUT2D eigenvalue weighted by molar-refractivity contribution is 0.191. The lowest BCUT2D eigenvalue weighted by Crippen LogP contribution is -2.44. The van der Waals surface area contributed by atoms with Gasteiger partial charge >= 0.3 is 6.03 Å². The van der Waals surface area contributed by atoms with Crippen LogP contribution in [0.15, 0.2) is 15.5 Å². The first-order valence-electron chi connectivity index (χ1n) is 6.55. The van der Waals surface area contributed by atoms with Gasteiger partial charge in [0.2, 0.25) is 5.43 Å². The molecule has 19 heavy (non-hydrogen) atoms. The highest BCUT2D eigenvalue weighted by Gasteiger charge is 2.23. The molecule has 0 aromatic carbocycles. The Balaban J connectivity index is 2.07. The molecular formula is C13H18BrN3O2. The number of amides is 2. The summed E-state index contributed by atoms with van der Waals surface area (Å²) in [5.74, 6) is 0. The van der Waals surface area contributed by atoms with Gasteiger partial charge in [-0.3, -0.25) is 4.79 Å². The smallest absolute Gasteiger partial charge is 0.317 e. The number of nitrogens with one attached hydrogen (secondary N) is 2. The molecule has 0 spiro atoms. The van der Waals surface area contributed by atoms with Gasteiger partial charge in [-0.25, -0.2) is 4.79 Å². The van der Waals surface area contributed by atoms with Crippen molar-refractivity contribution in [2.75, 3.05) is 13.1 Å². The Hall–Kier alpha value is -1.30. The van der Waals surface area contributed by atoms with Gasteiger partial charge in [-0.05, 0) is 22.4 Å². The van der Waals surface area contributed by atoms with Crippen LogP contribution >= 0.6 is 15.9 Å². The lowest BCUT2D eigenvalue weighted by atomic mass is 10.1. The average molecular weight is 328 g/mol. The van der Waals surface area contributed by atoms with E-state index in [9.17, 15) is 9.59 Å². The number of urea groups is 1. The molecule has 5 nitrogen and oxygen atoms in total. The number of H-pyrrole nitrogens is 1. The Morgan fingerprint density at radius 3 is 3.11 bits per heavy atom. The largest absolute Gasteiger partial charge is 0.363 e. The molecule has 0 unspecified atom stereocenters. The zero-order chi connectivity index (χ0) is 13.8. The van der Waals surface area contributed by atoms with Crippen molar-refractivity contribution in [1.29, 1.82) is 0 Å². The van der Waals surface area contributed by atoms with Crippen LogP contribution in [0.3, 0.4) is 0 Å². The number of unbranched alkanes of at least 4 members (excludes halogenated alkanes) is 1. The summed E-state index contributed by atoms with van der Waals surface area (Å²) in [5.41, 5.74) is 1.59. The second-order valence-electron chi connectivity index (χ2n) is 4.68. The minimum Gasteiger partial charge on any atom is -0.363 e. The molecule has 0 bridgehead atoms. The quantitative estimate of drug-likeness (QED) is 0.834. The van der Waals surface area contributed by atoms with Crippen LogP contribution in [0.4, 0.5) is 4.79 Å². The van der Waals surface area contributed by atoms with E-state index in [-0.39, 0.29) is 11.5 Å². The van der Waals surface area contributed by atoms with Gasteiger partial charge in [0.15, 0.2) is 0 Å². The van der Waals surface area contributed by atoms with E-state index in [2.05, 4.69) is 33.2 Å². The maximum Gasteiger partial charge on any atom is 0.317 e. The molecule has 0 radical (unpaired) electrons. The Labute approximate surface area is 120 Å². The molecule has 0 fully saturated rings. The van der Waals surface area contributed by atoms with Gasteiger partial charge in [0.25, 0.3) is 0 Å². The predicted octanol–water partition coefficient (Wildman–Crippen LogP) is 2.01. The summed E-state index contributed by atoms with van der Waals surface area (Å²) >= 11 is 3.22. The first-order chi connectivity index (χ1) is 9.13. The summed E-state index contributed by atoms with van der Waals surface area (Å²) in [5, 5.41) is 2.88. The molecule has 104 valence electrons. The minimum atomic E-state index is -0.0847. The third-order valence-corrected chi connectivity index (χ3v) is 3.89. The zero-order valence-corrected chi connectivity index (χ0v) is 12.5. The fourth-order valence-corrected chi connectivity index (χ4v) is 2.50. The Kier molecular flexibility index (Phi) is 4.63. The number of hydrogen-bond acceptors (Lipinski definition) is 2. The summed E-state index contributed by atoms with van der Waals surface area (Å²) in [6.45, 7) is 3.79. The molecule has 1 aliphatic rings. The number of pyridine rings is 1. The first kappa shape index (κ1) is 14.1. The molecule has 2 N–H and O–H groups in total. The highest BCUT2D eigenvalue weighted by Crippen LogP contribution is 2.16. The standard InChI is InChI=1S/C13H18BrN3O2/c1-2-3-5-15-13(19)17-6-4-11-9(8-17)12(18)10(14)7-16-11/h7H,2-6,8H2,1H3,(H,15,19)(H,16,18). The zero-order valence-electron chi connectivity index (χ0n) is 11.0. The number of aromatic amines is 1. The number of rotatable bonds is 3. The third-order valence-electron chi connectivity index (χ3n) is 3.30. The monoisotopic (exact) mass is 327 g/mol. The van der Waals surface area contributed by atoms with Crippen LogP contribution < -0.4 is 10.7 Å². The van der Waals surface area contributed by atoms with E-state index in [0.29, 0.717) is 36.1 Å². The molecule has 2 heterocycles. The number of carbonyl (C=O) groups excluding carboxylic acids is 1. The lowest BCUT2D eigenvalue weighted by Gasteiger charge is -2.28. The molecule has 6 heteroatoms. The van der Waals surface area contributed by atoms with E-state index in [0.717, 1.165) is 18.5 Å². The van der Waals surface area contributed by atoms with Crippen molar-refractivity contribution in [3.63, 3.8) is 0 Å². The second-order valence-corrected chi connectivity index (χ2v) is 5.53. The van der Waals surface area contributed by atoms with E-state index >= 15 is 0 Å². The SMILES string of the molecule is CCCCNC(=O)N1CCc2[nH]cc(Br)c(=O)c2C1. The van der Waals surface area contributed by atoms with Crippen molar-refractivity contribution in [3.8, 4) is 0 Å². The molecule has 1 aliphatic heterocycles. The van der Waals surface area contributed by atoms with E-state index < -0.39 is 0 Å². The molecule has 2 rings (SSSR count). The summed E-state index contributed by atoms with van der Waals surface area (Å²) in [4.78, 5) is 28.8. The van der Waals surface area contributed by atoms with Crippen LogP contribution in [0, 0.1) is 0 Å². The molecular weight excluding hydrogens is 310 g/mol. The van der Waals surface area contributed by atoms with E-state index in [4.69, 9.17) is 0 Å². The van der Waals surface area contributed by atoms with Gasteiger partial charge in [0.1, 0.15) is 0 Å². The molecule has 1 aromatic rings. The van der Waals surface area contributed by atoms with Crippen LogP contribution in [0.5, 0.6) is 0 Å². The van der Waals surface area contributed by atoms with Gasteiger partial charge in [-0.15, -0.1) is 0 Å². The highest BCUT2D eigenvalue weighted by atomic mass is 79.9. The summed E-state index contributed by atoms with van der Waals surface area (Å²) in [6.07, 6.45) is 4.38. The van der Waals surface area contributed by atoms with Crippen molar-refractivity contribution in [1.82, 2.24) is 15.2 Å². The van der Waals surface area contributed by atoms with Gasteiger partial charge in [0, 0.05) is 37.0 Å².